The Morgan fingerprint density at radius 3 is 2.53 bits per heavy atom. The minimum Gasteiger partial charge on any atom is -0.372 e. The van der Waals surface area contributed by atoms with Gasteiger partial charge in [-0.05, 0) is 54.2 Å². The van der Waals surface area contributed by atoms with Crippen molar-refractivity contribution in [3.05, 3.63) is 59.9 Å². The van der Waals surface area contributed by atoms with Crippen molar-refractivity contribution in [3.63, 3.8) is 0 Å². The maximum atomic E-state index is 12.8. The molecule has 1 amide bonds. The van der Waals surface area contributed by atoms with Crippen LogP contribution in [0.4, 0.5) is 0 Å². The smallest absolute Gasteiger partial charge is 0.243 e. The summed E-state index contributed by atoms with van der Waals surface area (Å²) in [5.41, 5.74) is 1.66. The van der Waals surface area contributed by atoms with Crippen molar-refractivity contribution < 1.29 is 17.9 Å². The molecule has 1 aromatic heterocycles. The minimum absolute atomic E-state index is 0.0164. The lowest BCUT2D eigenvalue weighted by atomic mass is 9.87. The molecular formula is C22H27N3O4S. The van der Waals surface area contributed by atoms with Crippen LogP contribution in [-0.4, -0.2) is 48.9 Å². The van der Waals surface area contributed by atoms with E-state index in [1.807, 2.05) is 31.2 Å². The van der Waals surface area contributed by atoms with Gasteiger partial charge in [0, 0.05) is 38.4 Å². The summed E-state index contributed by atoms with van der Waals surface area (Å²) in [5, 5.41) is 2.92. The number of benzene rings is 1. The Hall–Kier alpha value is -2.29. The first kappa shape index (κ1) is 21.0. The molecule has 0 bridgehead atoms. The predicted molar refractivity (Wildman–Crippen MR) is 112 cm³/mol. The van der Waals surface area contributed by atoms with Gasteiger partial charge in [0.1, 0.15) is 0 Å². The molecule has 0 aliphatic carbocycles. The quantitative estimate of drug-likeness (QED) is 0.728. The van der Waals surface area contributed by atoms with Gasteiger partial charge in [-0.15, -0.1) is 0 Å². The van der Waals surface area contributed by atoms with Gasteiger partial charge in [-0.3, -0.25) is 9.78 Å². The first-order valence-electron chi connectivity index (χ1n) is 10.3. The molecule has 8 heteroatoms. The average molecular weight is 430 g/mol. The van der Waals surface area contributed by atoms with Crippen LogP contribution in [0.5, 0.6) is 0 Å². The lowest BCUT2D eigenvalue weighted by Crippen LogP contribution is -2.63. The lowest BCUT2D eigenvalue weighted by Gasteiger charge is -2.46. The molecule has 2 fully saturated rings. The molecule has 3 heterocycles. The maximum absolute atomic E-state index is 12.8. The highest BCUT2D eigenvalue weighted by Crippen LogP contribution is 2.41. The van der Waals surface area contributed by atoms with E-state index in [2.05, 4.69) is 10.3 Å². The number of rotatable bonds is 7. The number of aromatic nitrogens is 1. The molecule has 160 valence electrons. The Balaban J connectivity index is 1.27. The topological polar surface area (TPSA) is 88.6 Å². The molecule has 1 unspecified atom stereocenters. The number of sulfonamides is 1. The predicted octanol–water partition coefficient (Wildman–Crippen LogP) is 2.13. The van der Waals surface area contributed by atoms with E-state index in [-0.39, 0.29) is 11.8 Å². The molecule has 2 aliphatic heterocycles. The van der Waals surface area contributed by atoms with Crippen LogP contribution < -0.4 is 5.32 Å². The van der Waals surface area contributed by atoms with Crippen LogP contribution in [-0.2, 0) is 32.5 Å². The van der Waals surface area contributed by atoms with Gasteiger partial charge in [0.05, 0.1) is 17.1 Å². The van der Waals surface area contributed by atoms with E-state index < -0.39 is 15.6 Å². The number of carbonyl (C=O) groups is 1. The monoisotopic (exact) mass is 429 g/mol. The third-order valence-electron chi connectivity index (χ3n) is 5.90. The minimum atomic E-state index is -3.50. The van der Waals surface area contributed by atoms with Gasteiger partial charge in [-0.1, -0.05) is 19.1 Å². The lowest BCUT2D eigenvalue weighted by molar-refractivity contribution is -0.122. The van der Waals surface area contributed by atoms with Gasteiger partial charge < -0.3 is 10.1 Å². The van der Waals surface area contributed by atoms with Crippen molar-refractivity contribution >= 4 is 15.9 Å². The highest BCUT2D eigenvalue weighted by molar-refractivity contribution is 7.89. The zero-order chi connectivity index (χ0) is 21.2. The number of carbonyl (C=O) groups excluding carboxylic acids is 1. The van der Waals surface area contributed by atoms with Crippen LogP contribution in [0.3, 0.4) is 0 Å². The Morgan fingerprint density at radius 1 is 1.17 bits per heavy atom. The summed E-state index contributed by atoms with van der Waals surface area (Å²) in [6.07, 6.45) is 5.36. The summed E-state index contributed by atoms with van der Waals surface area (Å²) in [6, 6.07) is 10.8. The van der Waals surface area contributed by atoms with E-state index >= 15 is 0 Å². The van der Waals surface area contributed by atoms with E-state index in [4.69, 9.17) is 4.74 Å². The number of ether oxygens (including phenoxy) is 1. The fraction of sp³-hybridized carbons (Fsp3) is 0.455. The average Bonchev–Trinajstić information content (AvgIpc) is 3.16. The molecule has 1 spiro atoms. The summed E-state index contributed by atoms with van der Waals surface area (Å²) in [5.74, 6) is 0.0911. The second-order valence-electron chi connectivity index (χ2n) is 8.17. The molecule has 2 saturated heterocycles. The molecule has 1 atom stereocenters. The van der Waals surface area contributed by atoms with Crippen LogP contribution >= 0.6 is 0 Å². The molecule has 30 heavy (non-hydrogen) atoms. The van der Waals surface area contributed by atoms with Crippen LogP contribution in [0.25, 0.3) is 0 Å². The first-order valence-corrected chi connectivity index (χ1v) is 11.7. The zero-order valence-corrected chi connectivity index (χ0v) is 17.9. The molecule has 0 saturated carbocycles. The number of nitrogens with zero attached hydrogens (tertiary/aromatic N) is 2. The summed E-state index contributed by atoms with van der Waals surface area (Å²) >= 11 is 0. The molecule has 1 aromatic carbocycles. The van der Waals surface area contributed by atoms with Crippen LogP contribution in [0.1, 0.15) is 30.9 Å². The highest BCUT2D eigenvalue weighted by atomic mass is 32.2. The van der Waals surface area contributed by atoms with E-state index in [0.717, 1.165) is 17.5 Å². The normalized spacial score (nSPS) is 20.8. The fourth-order valence-electron chi connectivity index (χ4n) is 4.14. The molecule has 7 nitrogen and oxygen atoms in total. The fourth-order valence-corrected chi connectivity index (χ4v) is 5.73. The largest absolute Gasteiger partial charge is 0.372 e. The van der Waals surface area contributed by atoms with Crippen LogP contribution in [0, 0.1) is 5.92 Å². The summed E-state index contributed by atoms with van der Waals surface area (Å²) < 4.78 is 33.1. The third kappa shape index (κ3) is 4.40. The van der Waals surface area contributed by atoms with Gasteiger partial charge in [0.15, 0.2) is 0 Å². The number of pyridine rings is 1. The van der Waals surface area contributed by atoms with Gasteiger partial charge in [-0.2, -0.15) is 4.31 Å². The SMILES string of the molecule is CCc1ccc(S(=O)(=O)N2CC3(CC(CC(=O)NCc4ccncc4)CO3)C2)cc1. The zero-order valence-electron chi connectivity index (χ0n) is 17.1. The number of nitrogens with one attached hydrogen (secondary N) is 1. The van der Waals surface area contributed by atoms with Gasteiger partial charge in [0.2, 0.25) is 15.9 Å². The standard InChI is InChI=1S/C22H27N3O4S/c1-2-17-3-5-20(6-4-17)30(27,28)25-15-22(16-25)12-19(14-29-22)11-21(26)24-13-18-7-9-23-10-8-18/h3-10,19H,2,11-16H2,1H3,(H,24,26). The molecule has 4 rings (SSSR count). The van der Waals surface area contributed by atoms with Crippen LogP contribution in [0.15, 0.2) is 53.7 Å². The van der Waals surface area contributed by atoms with E-state index in [9.17, 15) is 13.2 Å². The van der Waals surface area contributed by atoms with Gasteiger partial charge in [-0.25, -0.2) is 8.42 Å². The highest BCUT2D eigenvalue weighted by Gasteiger charge is 2.53. The first-order chi connectivity index (χ1) is 14.4. The number of aryl methyl sites for hydroxylation is 1. The van der Waals surface area contributed by atoms with E-state index in [1.165, 1.54) is 4.31 Å². The Bertz CT molecular complexity index is 987. The summed E-state index contributed by atoms with van der Waals surface area (Å²) in [6.45, 7) is 3.70. The number of amides is 1. The second kappa shape index (κ2) is 8.45. The van der Waals surface area contributed by atoms with Crippen LogP contribution in [0.2, 0.25) is 0 Å². The van der Waals surface area contributed by atoms with Crippen molar-refractivity contribution in [3.8, 4) is 0 Å². The van der Waals surface area contributed by atoms with Crippen molar-refractivity contribution in [2.75, 3.05) is 19.7 Å². The molecule has 2 aliphatic rings. The van der Waals surface area contributed by atoms with Crippen molar-refractivity contribution in [1.82, 2.24) is 14.6 Å². The Kier molecular flexibility index (Phi) is 5.90. The molecule has 2 aromatic rings. The van der Waals surface area contributed by atoms with E-state index in [1.54, 1.807) is 24.5 Å². The van der Waals surface area contributed by atoms with Crippen molar-refractivity contribution in [2.24, 2.45) is 5.92 Å². The van der Waals surface area contributed by atoms with Crippen molar-refractivity contribution in [2.45, 2.75) is 43.2 Å². The van der Waals surface area contributed by atoms with Gasteiger partial charge in [0.25, 0.3) is 0 Å². The second-order valence-corrected chi connectivity index (χ2v) is 10.1. The van der Waals surface area contributed by atoms with Gasteiger partial charge >= 0.3 is 0 Å². The summed E-state index contributed by atoms with van der Waals surface area (Å²) in [4.78, 5) is 16.5. The third-order valence-corrected chi connectivity index (χ3v) is 7.70. The number of hydrogen-bond donors (Lipinski definition) is 1. The number of hydrogen-bond acceptors (Lipinski definition) is 5. The van der Waals surface area contributed by atoms with Crippen molar-refractivity contribution in [1.29, 1.82) is 0 Å². The van der Waals surface area contributed by atoms with E-state index in [0.29, 0.717) is 44.0 Å². The maximum Gasteiger partial charge on any atom is 0.243 e. The molecule has 1 N–H and O–H groups in total. The molecule has 0 radical (unpaired) electrons. The Morgan fingerprint density at radius 2 is 1.87 bits per heavy atom. The molecular weight excluding hydrogens is 402 g/mol. The summed E-state index contributed by atoms with van der Waals surface area (Å²) in [7, 11) is -3.50. The Labute approximate surface area is 177 Å².